The van der Waals surface area contributed by atoms with Gasteiger partial charge in [0.05, 0.1) is 18.8 Å². The smallest absolute Gasteiger partial charge is 0.341 e. The molecule has 6 nitrogen and oxygen atoms in total. The maximum atomic E-state index is 11.2. The summed E-state index contributed by atoms with van der Waals surface area (Å²) in [5, 5.41) is 16.5. The van der Waals surface area contributed by atoms with E-state index in [1.54, 1.807) is 4.68 Å². The van der Waals surface area contributed by atoms with Crippen molar-refractivity contribution >= 4 is 11.8 Å². The van der Waals surface area contributed by atoms with Crippen LogP contribution in [0.2, 0.25) is 0 Å². The van der Waals surface area contributed by atoms with E-state index in [1.807, 2.05) is 31.2 Å². The van der Waals surface area contributed by atoms with Crippen LogP contribution in [0.1, 0.15) is 35.3 Å². The Balaban J connectivity index is 1.93. The number of hydrogen-bond acceptors (Lipinski definition) is 4. The minimum Gasteiger partial charge on any atom is -0.494 e. The number of carboxylic acids is 1. The molecule has 0 spiro atoms. The number of hydrogen-bond donors (Lipinski definition) is 2. The average Bonchev–Trinajstić information content (AvgIpc) is 2.92. The zero-order valence-electron chi connectivity index (χ0n) is 11.7. The van der Waals surface area contributed by atoms with Crippen molar-refractivity contribution < 1.29 is 14.6 Å². The molecule has 1 aromatic heterocycles. The lowest BCUT2D eigenvalue weighted by Gasteiger charge is -2.26. The topological polar surface area (TPSA) is 76.4 Å². The number of carboxylic acid groups (broad SMARTS) is 1. The van der Waals surface area contributed by atoms with E-state index >= 15 is 0 Å². The van der Waals surface area contributed by atoms with E-state index in [9.17, 15) is 9.90 Å². The molecule has 1 aliphatic heterocycles. The largest absolute Gasteiger partial charge is 0.494 e. The third-order valence-electron chi connectivity index (χ3n) is 3.61. The summed E-state index contributed by atoms with van der Waals surface area (Å²) in [6, 6.07) is 7.93. The molecule has 1 atom stereocenters. The molecule has 0 saturated carbocycles. The Morgan fingerprint density at radius 2 is 2.24 bits per heavy atom. The predicted molar refractivity (Wildman–Crippen MR) is 78.0 cm³/mol. The summed E-state index contributed by atoms with van der Waals surface area (Å²) in [6.07, 6.45) is 2.26. The molecule has 0 bridgehead atoms. The highest BCUT2D eigenvalue weighted by atomic mass is 16.5. The lowest BCUT2D eigenvalue weighted by atomic mass is 10.0. The van der Waals surface area contributed by atoms with Crippen LogP contribution in [0.15, 0.2) is 30.5 Å². The number of benzene rings is 1. The Kier molecular flexibility index (Phi) is 3.51. The summed E-state index contributed by atoms with van der Waals surface area (Å²) >= 11 is 0. The molecule has 2 aromatic rings. The van der Waals surface area contributed by atoms with Crippen LogP contribution in [0.5, 0.6) is 5.75 Å². The Morgan fingerprint density at radius 1 is 1.48 bits per heavy atom. The summed E-state index contributed by atoms with van der Waals surface area (Å²) in [7, 11) is 0. The summed E-state index contributed by atoms with van der Waals surface area (Å²) in [4.78, 5) is 11.2. The van der Waals surface area contributed by atoms with Crippen molar-refractivity contribution in [1.82, 2.24) is 9.78 Å². The van der Waals surface area contributed by atoms with Crippen LogP contribution in [-0.2, 0) is 0 Å². The summed E-state index contributed by atoms with van der Waals surface area (Å²) < 4.78 is 7.19. The number of aromatic carboxylic acids is 1. The first kappa shape index (κ1) is 13.5. The normalized spacial score (nSPS) is 16.9. The van der Waals surface area contributed by atoms with Crippen LogP contribution in [0, 0.1) is 0 Å². The number of rotatable bonds is 4. The molecule has 0 fully saturated rings. The van der Waals surface area contributed by atoms with Gasteiger partial charge in [-0.15, -0.1) is 0 Å². The average molecular weight is 287 g/mol. The highest BCUT2D eigenvalue weighted by Crippen LogP contribution is 2.32. The fourth-order valence-electron chi connectivity index (χ4n) is 2.64. The van der Waals surface area contributed by atoms with Gasteiger partial charge in [-0.1, -0.05) is 12.1 Å². The number of ether oxygens (including phenoxy) is 1. The van der Waals surface area contributed by atoms with Gasteiger partial charge in [-0.25, -0.2) is 9.48 Å². The summed E-state index contributed by atoms with van der Waals surface area (Å²) in [5.41, 5.74) is 1.31. The minimum absolute atomic E-state index is 0.0463. The number of nitrogens with one attached hydrogen (secondary N) is 1. The van der Waals surface area contributed by atoms with Gasteiger partial charge >= 0.3 is 5.97 Å². The van der Waals surface area contributed by atoms with Gasteiger partial charge in [0.1, 0.15) is 17.1 Å². The van der Waals surface area contributed by atoms with Crippen molar-refractivity contribution in [3.8, 4) is 5.75 Å². The molecular formula is C15H17N3O3. The Bertz CT molecular complexity index is 649. The molecule has 1 aromatic carbocycles. The second kappa shape index (κ2) is 5.47. The first-order valence-electron chi connectivity index (χ1n) is 6.98. The Hall–Kier alpha value is -2.50. The van der Waals surface area contributed by atoms with Crippen molar-refractivity contribution in [2.45, 2.75) is 19.4 Å². The first-order valence-corrected chi connectivity index (χ1v) is 6.98. The molecule has 0 aliphatic carbocycles. The number of aromatic nitrogens is 2. The maximum absolute atomic E-state index is 11.2. The molecule has 3 rings (SSSR count). The van der Waals surface area contributed by atoms with Crippen LogP contribution in [0.25, 0.3) is 0 Å². The molecule has 0 radical (unpaired) electrons. The molecule has 2 N–H and O–H groups in total. The molecule has 1 unspecified atom stereocenters. The van der Waals surface area contributed by atoms with Gasteiger partial charge in [0.15, 0.2) is 0 Å². The quantitative estimate of drug-likeness (QED) is 0.903. The highest BCUT2D eigenvalue weighted by molar-refractivity contribution is 5.93. The fraction of sp³-hybridized carbons (Fsp3) is 0.333. The van der Waals surface area contributed by atoms with E-state index in [2.05, 4.69) is 10.4 Å². The van der Waals surface area contributed by atoms with E-state index in [1.165, 1.54) is 6.20 Å². The fourth-order valence-corrected chi connectivity index (χ4v) is 2.64. The van der Waals surface area contributed by atoms with Gasteiger partial charge in [0, 0.05) is 6.54 Å². The standard InChI is InChI=1S/C15H17N3O3/c1-2-21-11-5-3-10(4-6-11)13-7-8-16-14-12(15(19)20)9-17-18(13)14/h3-6,9,13,16H,2,7-8H2,1H3,(H,19,20). The second-order valence-electron chi connectivity index (χ2n) is 4.89. The zero-order chi connectivity index (χ0) is 14.8. The predicted octanol–water partition coefficient (Wildman–Crippen LogP) is 2.38. The Labute approximate surface area is 122 Å². The van der Waals surface area contributed by atoms with Crippen molar-refractivity contribution in [2.24, 2.45) is 0 Å². The molecule has 21 heavy (non-hydrogen) atoms. The van der Waals surface area contributed by atoms with Gasteiger partial charge in [-0.3, -0.25) is 0 Å². The van der Waals surface area contributed by atoms with Gasteiger partial charge in [-0.05, 0) is 31.0 Å². The minimum atomic E-state index is -0.962. The monoisotopic (exact) mass is 287 g/mol. The van der Waals surface area contributed by atoms with E-state index < -0.39 is 5.97 Å². The molecule has 1 aliphatic rings. The lowest BCUT2D eigenvalue weighted by molar-refractivity contribution is 0.0697. The van der Waals surface area contributed by atoms with Crippen LogP contribution in [-0.4, -0.2) is 34.0 Å². The molecular weight excluding hydrogens is 270 g/mol. The van der Waals surface area contributed by atoms with Crippen LogP contribution >= 0.6 is 0 Å². The third-order valence-corrected chi connectivity index (χ3v) is 3.61. The van der Waals surface area contributed by atoms with Crippen molar-refractivity contribution in [2.75, 3.05) is 18.5 Å². The number of carbonyl (C=O) groups is 1. The van der Waals surface area contributed by atoms with E-state index in [4.69, 9.17) is 4.74 Å². The van der Waals surface area contributed by atoms with Gasteiger partial charge in [0.2, 0.25) is 0 Å². The van der Waals surface area contributed by atoms with Crippen LogP contribution < -0.4 is 10.1 Å². The van der Waals surface area contributed by atoms with Crippen molar-refractivity contribution in [3.63, 3.8) is 0 Å². The molecule has 0 saturated heterocycles. The number of anilines is 1. The van der Waals surface area contributed by atoms with Gasteiger partial charge in [0.25, 0.3) is 0 Å². The van der Waals surface area contributed by atoms with E-state index in [-0.39, 0.29) is 11.6 Å². The molecule has 2 heterocycles. The lowest BCUT2D eigenvalue weighted by Crippen LogP contribution is -2.25. The first-order chi connectivity index (χ1) is 10.2. The third kappa shape index (κ3) is 2.44. The van der Waals surface area contributed by atoms with E-state index in [0.29, 0.717) is 12.4 Å². The molecule has 0 amide bonds. The van der Waals surface area contributed by atoms with Crippen LogP contribution in [0.3, 0.4) is 0 Å². The van der Waals surface area contributed by atoms with Gasteiger partial charge in [-0.2, -0.15) is 5.10 Å². The second-order valence-corrected chi connectivity index (χ2v) is 4.89. The number of nitrogens with zero attached hydrogens (tertiary/aromatic N) is 2. The number of fused-ring (bicyclic) bond motifs is 1. The molecule has 110 valence electrons. The SMILES string of the molecule is CCOc1ccc(C2CCNc3c(C(=O)O)cnn32)cc1. The van der Waals surface area contributed by atoms with E-state index in [0.717, 1.165) is 24.3 Å². The van der Waals surface area contributed by atoms with Crippen LogP contribution in [0.4, 0.5) is 5.82 Å². The van der Waals surface area contributed by atoms with Gasteiger partial charge < -0.3 is 15.2 Å². The molecule has 6 heteroatoms. The highest BCUT2D eigenvalue weighted by Gasteiger charge is 2.26. The summed E-state index contributed by atoms with van der Waals surface area (Å²) in [5.74, 6) is 0.450. The zero-order valence-corrected chi connectivity index (χ0v) is 11.7. The van der Waals surface area contributed by atoms with Crippen molar-refractivity contribution in [3.05, 3.63) is 41.6 Å². The van der Waals surface area contributed by atoms with Crippen molar-refractivity contribution in [1.29, 1.82) is 0 Å². The Morgan fingerprint density at radius 3 is 2.90 bits per heavy atom. The summed E-state index contributed by atoms with van der Waals surface area (Å²) in [6.45, 7) is 3.31. The maximum Gasteiger partial charge on any atom is 0.341 e.